The molecule has 1 aliphatic rings. The van der Waals surface area contributed by atoms with Crippen LogP contribution in [0.3, 0.4) is 0 Å². The smallest absolute Gasteiger partial charge is 0.250 e. The lowest BCUT2D eigenvalue weighted by Crippen LogP contribution is -2.40. The summed E-state index contributed by atoms with van der Waals surface area (Å²) in [6, 6.07) is 6.69. The second-order valence-electron chi connectivity index (χ2n) is 6.81. The van der Waals surface area contributed by atoms with Crippen molar-refractivity contribution < 1.29 is 4.79 Å². The number of carbonyl (C=O) groups is 1. The van der Waals surface area contributed by atoms with Crippen LogP contribution in [-0.2, 0) is 18.4 Å². The lowest BCUT2D eigenvalue weighted by Gasteiger charge is -2.17. The van der Waals surface area contributed by atoms with Gasteiger partial charge in [0, 0.05) is 56.4 Å². The Bertz CT molecular complexity index is 1040. The SMILES string of the molecule is Cn1cc(-c2ccnc(N3CCC(NC(=O)Cn4ccccc4=O)C3)n2)cn1. The van der Waals surface area contributed by atoms with Gasteiger partial charge in [0.15, 0.2) is 0 Å². The van der Waals surface area contributed by atoms with E-state index in [1.807, 2.05) is 19.3 Å². The first-order valence-electron chi connectivity index (χ1n) is 9.10. The van der Waals surface area contributed by atoms with Gasteiger partial charge < -0.3 is 14.8 Å². The van der Waals surface area contributed by atoms with Crippen LogP contribution < -0.4 is 15.8 Å². The number of rotatable bonds is 5. The van der Waals surface area contributed by atoms with E-state index >= 15 is 0 Å². The molecular formula is C19H21N7O2. The molecule has 28 heavy (non-hydrogen) atoms. The number of aryl methyl sites for hydroxylation is 1. The first-order chi connectivity index (χ1) is 13.6. The van der Waals surface area contributed by atoms with Crippen LogP contribution >= 0.6 is 0 Å². The van der Waals surface area contributed by atoms with Gasteiger partial charge >= 0.3 is 0 Å². The van der Waals surface area contributed by atoms with Crippen LogP contribution in [0.1, 0.15) is 6.42 Å². The van der Waals surface area contributed by atoms with Crippen molar-refractivity contribution in [3.63, 3.8) is 0 Å². The van der Waals surface area contributed by atoms with Gasteiger partial charge in [0.05, 0.1) is 11.9 Å². The summed E-state index contributed by atoms with van der Waals surface area (Å²) in [7, 11) is 1.86. The number of pyridine rings is 1. The molecule has 1 unspecified atom stereocenters. The first-order valence-corrected chi connectivity index (χ1v) is 9.10. The third kappa shape index (κ3) is 3.93. The highest BCUT2D eigenvalue weighted by Crippen LogP contribution is 2.21. The van der Waals surface area contributed by atoms with Crippen molar-refractivity contribution in [1.29, 1.82) is 0 Å². The lowest BCUT2D eigenvalue weighted by molar-refractivity contribution is -0.122. The highest BCUT2D eigenvalue weighted by molar-refractivity contribution is 5.76. The van der Waals surface area contributed by atoms with Crippen molar-refractivity contribution in [3.05, 3.63) is 59.4 Å². The average molecular weight is 379 g/mol. The molecule has 0 aromatic carbocycles. The summed E-state index contributed by atoms with van der Waals surface area (Å²) in [6.45, 7) is 1.40. The standard InChI is InChI=1S/C19H21N7O2/c1-24-11-14(10-21-24)16-5-7-20-19(23-16)26-9-6-15(12-26)22-17(27)13-25-8-3-2-4-18(25)28/h2-5,7-8,10-11,15H,6,9,12-13H2,1H3,(H,22,27). The van der Waals surface area contributed by atoms with Crippen molar-refractivity contribution in [3.8, 4) is 11.3 Å². The van der Waals surface area contributed by atoms with Crippen molar-refractivity contribution in [2.24, 2.45) is 7.05 Å². The number of nitrogens with zero attached hydrogens (tertiary/aromatic N) is 6. The van der Waals surface area contributed by atoms with Gasteiger partial charge in [0.1, 0.15) is 6.54 Å². The molecular weight excluding hydrogens is 358 g/mol. The molecule has 1 N–H and O–H groups in total. The predicted octanol–water partition coefficient (Wildman–Crippen LogP) is 0.434. The Hall–Kier alpha value is -3.49. The summed E-state index contributed by atoms with van der Waals surface area (Å²) in [6.07, 6.45) is 7.82. The molecule has 0 bridgehead atoms. The number of nitrogens with one attached hydrogen (secondary N) is 1. The molecule has 3 aromatic heterocycles. The maximum Gasteiger partial charge on any atom is 0.250 e. The predicted molar refractivity (Wildman–Crippen MR) is 104 cm³/mol. The van der Waals surface area contributed by atoms with Gasteiger partial charge in [-0.05, 0) is 18.6 Å². The number of amides is 1. The van der Waals surface area contributed by atoms with E-state index in [1.165, 1.54) is 10.6 Å². The molecule has 0 saturated carbocycles. The van der Waals surface area contributed by atoms with Gasteiger partial charge in [-0.1, -0.05) is 6.07 Å². The number of hydrogen-bond donors (Lipinski definition) is 1. The van der Waals surface area contributed by atoms with Gasteiger partial charge in [0.25, 0.3) is 5.56 Å². The second kappa shape index (κ2) is 7.63. The fourth-order valence-electron chi connectivity index (χ4n) is 3.29. The van der Waals surface area contributed by atoms with Crippen LogP contribution in [0.5, 0.6) is 0 Å². The van der Waals surface area contributed by atoms with Crippen LogP contribution in [0.15, 0.2) is 53.8 Å². The molecule has 4 heterocycles. The maximum absolute atomic E-state index is 12.3. The molecule has 1 aliphatic heterocycles. The number of aromatic nitrogens is 5. The minimum atomic E-state index is -0.189. The van der Waals surface area contributed by atoms with Crippen molar-refractivity contribution in [2.75, 3.05) is 18.0 Å². The van der Waals surface area contributed by atoms with Crippen LogP contribution in [0.25, 0.3) is 11.3 Å². The highest BCUT2D eigenvalue weighted by Gasteiger charge is 2.26. The molecule has 1 atom stereocenters. The Kier molecular flexibility index (Phi) is 4.88. The minimum absolute atomic E-state index is 0.00226. The third-order valence-electron chi connectivity index (χ3n) is 4.69. The van der Waals surface area contributed by atoms with E-state index < -0.39 is 0 Å². The number of carbonyl (C=O) groups excluding carboxylic acids is 1. The molecule has 9 nitrogen and oxygen atoms in total. The maximum atomic E-state index is 12.3. The summed E-state index contributed by atoms with van der Waals surface area (Å²) in [4.78, 5) is 35.1. The zero-order chi connectivity index (χ0) is 19.5. The number of hydrogen-bond acceptors (Lipinski definition) is 6. The van der Waals surface area contributed by atoms with E-state index in [9.17, 15) is 9.59 Å². The lowest BCUT2D eigenvalue weighted by atomic mass is 10.2. The second-order valence-corrected chi connectivity index (χ2v) is 6.81. The molecule has 1 fully saturated rings. The number of anilines is 1. The Morgan fingerprint density at radius 2 is 2.21 bits per heavy atom. The fraction of sp³-hybridized carbons (Fsp3) is 0.316. The molecule has 9 heteroatoms. The van der Waals surface area contributed by atoms with Crippen molar-refractivity contribution >= 4 is 11.9 Å². The molecule has 4 rings (SSSR count). The van der Waals surface area contributed by atoms with Crippen molar-refractivity contribution in [1.82, 2.24) is 29.6 Å². The monoisotopic (exact) mass is 379 g/mol. The molecule has 1 saturated heterocycles. The highest BCUT2D eigenvalue weighted by atomic mass is 16.2. The molecule has 3 aromatic rings. The van der Waals surface area contributed by atoms with Crippen LogP contribution in [0.2, 0.25) is 0 Å². The van der Waals surface area contributed by atoms with E-state index in [-0.39, 0.29) is 24.1 Å². The summed E-state index contributed by atoms with van der Waals surface area (Å²) >= 11 is 0. The zero-order valence-corrected chi connectivity index (χ0v) is 15.5. The van der Waals surface area contributed by atoms with E-state index in [0.717, 1.165) is 24.2 Å². The normalized spacial score (nSPS) is 16.3. The average Bonchev–Trinajstić information content (AvgIpc) is 3.33. The van der Waals surface area contributed by atoms with Gasteiger partial charge in [-0.15, -0.1) is 0 Å². The molecule has 1 amide bonds. The summed E-state index contributed by atoms with van der Waals surface area (Å²) in [5.74, 6) is 0.461. The summed E-state index contributed by atoms with van der Waals surface area (Å²) in [5.41, 5.74) is 1.56. The Morgan fingerprint density at radius 3 is 3.00 bits per heavy atom. The van der Waals surface area contributed by atoms with Crippen LogP contribution in [-0.4, -0.2) is 49.4 Å². The minimum Gasteiger partial charge on any atom is -0.350 e. The summed E-state index contributed by atoms with van der Waals surface area (Å²) in [5, 5.41) is 7.17. The van der Waals surface area contributed by atoms with Gasteiger partial charge in [-0.2, -0.15) is 5.10 Å². The molecule has 144 valence electrons. The quantitative estimate of drug-likeness (QED) is 0.691. The Balaban J connectivity index is 1.38. The molecule has 0 radical (unpaired) electrons. The van der Waals surface area contributed by atoms with E-state index in [4.69, 9.17) is 0 Å². The zero-order valence-electron chi connectivity index (χ0n) is 15.5. The summed E-state index contributed by atoms with van der Waals surface area (Å²) < 4.78 is 3.12. The van der Waals surface area contributed by atoms with Gasteiger partial charge in [-0.3, -0.25) is 14.3 Å². The van der Waals surface area contributed by atoms with E-state index in [1.54, 1.807) is 35.4 Å². The first kappa shape index (κ1) is 17.9. The fourth-order valence-corrected chi connectivity index (χ4v) is 3.29. The van der Waals surface area contributed by atoms with E-state index in [2.05, 4.69) is 25.3 Å². The van der Waals surface area contributed by atoms with Gasteiger partial charge in [0.2, 0.25) is 11.9 Å². The van der Waals surface area contributed by atoms with Crippen LogP contribution in [0.4, 0.5) is 5.95 Å². The Labute approximate surface area is 161 Å². The Morgan fingerprint density at radius 1 is 1.32 bits per heavy atom. The van der Waals surface area contributed by atoms with Gasteiger partial charge in [-0.25, -0.2) is 9.97 Å². The third-order valence-corrected chi connectivity index (χ3v) is 4.69. The topological polar surface area (TPSA) is 97.9 Å². The molecule has 0 spiro atoms. The van der Waals surface area contributed by atoms with Crippen LogP contribution in [0, 0.1) is 0 Å². The molecule has 0 aliphatic carbocycles. The van der Waals surface area contributed by atoms with E-state index in [0.29, 0.717) is 12.5 Å². The van der Waals surface area contributed by atoms with Crippen molar-refractivity contribution in [2.45, 2.75) is 19.0 Å². The largest absolute Gasteiger partial charge is 0.350 e.